The number of aromatic carboxylic acids is 1. The summed E-state index contributed by atoms with van der Waals surface area (Å²) < 4.78 is 6.64. The lowest BCUT2D eigenvalue weighted by atomic mass is 10.1. The Bertz CT molecular complexity index is 1360. The average molecular weight is 429 g/mol. The van der Waals surface area contributed by atoms with Gasteiger partial charge in [0, 0.05) is 5.56 Å². The number of nitrogens with one attached hydrogen (secondary N) is 1. The molecule has 0 fully saturated rings. The molecule has 4 rings (SSSR count). The quantitative estimate of drug-likeness (QED) is 0.488. The van der Waals surface area contributed by atoms with Crippen molar-refractivity contribution >= 4 is 22.8 Å². The zero-order valence-electron chi connectivity index (χ0n) is 17.1. The maximum atomic E-state index is 13.2. The summed E-state index contributed by atoms with van der Waals surface area (Å²) in [5.41, 5.74) is 1.25. The largest absolute Gasteiger partial charge is 0.497 e. The predicted octanol–water partition coefficient (Wildman–Crippen LogP) is 3.02. The second kappa shape index (κ2) is 8.73. The fourth-order valence-corrected chi connectivity index (χ4v) is 3.32. The summed E-state index contributed by atoms with van der Waals surface area (Å²) in [6.45, 7) is -0.00831. The first-order valence-corrected chi connectivity index (χ1v) is 9.74. The highest BCUT2D eigenvalue weighted by molar-refractivity contribution is 5.95. The highest BCUT2D eigenvalue weighted by Crippen LogP contribution is 2.17. The van der Waals surface area contributed by atoms with Crippen LogP contribution in [0.1, 0.15) is 26.5 Å². The van der Waals surface area contributed by atoms with Gasteiger partial charge in [0.15, 0.2) is 0 Å². The van der Waals surface area contributed by atoms with Crippen LogP contribution in [0.25, 0.3) is 16.6 Å². The monoisotopic (exact) mass is 429 g/mol. The van der Waals surface area contributed by atoms with E-state index in [4.69, 9.17) is 9.84 Å². The van der Waals surface area contributed by atoms with Gasteiger partial charge in [0.25, 0.3) is 11.5 Å². The number of ether oxygens (including phenoxy) is 1. The van der Waals surface area contributed by atoms with Crippen LogP contribution in [0.15, 0.2) is 77.6 Å². The number of aromatic nitrogens is 2. The standard InChI is InChI=1S/C24H19N3O5/c1-32-18-12-10-17(11-13-18)27-21(26-20-5-3-2-4-19(20)23(27)29)14-25-22(28)15-6-8-16(9-7-15)24(30)31/h2-13H,14H2,1H3,(H,25,28)(H,30,31). The summed E-state index contributed by atoms with van der Waals surface area (Å²) in [6.07, 6.45) is 0. The molecule has 0 atom stereocenters. The van der Waals surface area contributed by atoms with E-state index >= 15 is 0 Å². The van der Waals surface area contributed by atoms with Crippen molar-refractivity contribution in [2.45, 2.75) is 6.54 Å². The molecule has 0 saturated carbocycles. The summed E-state index contributed by atoms with van der Waals surface area (Å²) in [6, 6.07) is 19.6. The summed E-state index contributed by atoms with van der Waals surface area (Å²) in [7, 11) is 1.56. The Morgan fingerprint density at radius 3 is 2.28 bits per heavy atom. The van der Waals surface area contributed by atoms with E-state index < -0.39 is 11.9 Å². The molecule has 0 aliphatic heterocycles. The number of carboxylic acids is 1. The molecule has 2 N–H and O–H groups in total. The molecular weight excluding hydrogens is 410 g/mol. The van der Waals surface area contributed by atoms with Crippen LogP contribution in [0.5, 0.6) is 5.75 Å². The number of hydrogen-bond donors (Lipinski definition) is 2. The smallest absolute Gasteiger partial charge is 0.335 e. The van der Waals surface area contributed by atoms with Crippen molar-refractivity contribution in [1.82, 2.24) is 14.9 Å². The van der Waals surface area contributed by atoms with Crippen molar-refractivity contribution in [3.8, 4) is 11.4 Å². The first kappa shape index (κ1) is 20.8. The Kier molecular flexibility index (Phi) is 5.67. The Morgan fingerprint density at radius 2 is 1.62 bits per heavy atom. The van der Waals surface area contributed by atoms with Crippen molar-refractivity contribution in [3.05, 3.63) is 100 Å². The van der Waals surface area contributed by atoms with Crippen LogP contribution < -0.4 is 15.6 Å². The molecule has 160 valence electrons. The lowest BCUT2D eigenvalue weighted by Gasteiger charge is -2.15. The number of para-hydroxylation sites is 1. The Morgan fingerprint density at radius 1 is 0.969 bits per heavy atom. The van der Waals surface area contributed by atoms with Crippen LogP contribution in [0.4, 0.5) is 0 Å². The lowest BCUT2D eigenvalue weighted by Crippen LogP contribution is -2.30. The van der Waals surface area contributed by atoms with E-state index in [1.165, 1.54) is 28.8 Å². The average Bonchev–Trinajstić information content (AvgIpc) is 2.83. The van der Waals surface area contributed by atoms with Crippen LogP contribution in [-0.4, -0.2) is 33.6 Å². The Hall–Kier alpha value is -4.46. The minimum Gasteiger partial charge on any atom is -0.497 e. The second-order valence-corrected chi connectivity index (χ2v) is 6.95. The highest BCUT2D eigenvalue weighted by Gasteiger charge is 2.15. The lowest BCUT2D eigenvalue weighted by molar-refractivity contribution is 0.0696. The van der Waals surface area contributed by atoms with Crippen molar-refractivity contribution in [2.75, 3.05) is 7.11 Å². The van der Waals surface area contributed by atoms with E-state index in [9.17, 15) is 14.4 Å². The van der Waals surface area contributed by atoms with Gasteiger partial charge < -0.3 is 15.2 Å². The van der Waals surface area contributed by atoms with Gasteiger partial charge in [-0.3, -0.25) is 14.2 Å². The van der Waals surface area contributed by atoms with Crippen LogP contribution >= 0.6 is 0 Å². The topological polar surface area (TPSA) is 111 Å². The molecule has 4 aromatic rings. The third-order valence-electron chi connectivity index (χ3n) is 4.98. The molecule has 0 saturated heterocycles. The number of nitrogens with zero attached hydrogens (tertiary/aromatic N) is 2. The van der Waals surface area contributed by atoms with Gasteiger partial charge in [-0.2, -0.15) is 0 Å². The van der Waals surface area contributed by atoms with E-state index in [1.54, 1.807) is 55.6 Å². The molecule has 0 unspecified atom stereocenters. The number of methoxy groups -OCH3 is 1. The minimum absolute atomic E-state index is 0.00831. The van der Waals surface area contributed by atoms with Gasteiger partial charge in [-0.25, -0.2) is 9.78 Å². The van der Waals surface area contributed by atoms with E-state index in [0.717, 1.165) is 0 Å². The normalized spacial score (nSPS) is 10.7. The molecule has 1 heterocycles. The molecule has 1 aromatic heterocycles. The van der Waals surface area contributed by atoms with Gasteiger partial charge >= 0.3 is 5.97 Å². The van der Waals surface area contributed by atoms with Crippen molar-refractivity contribution in [1.29, 1.82) is 0 Å². The van der Waals surface area contributed by atoms with Crippen LogP contribution in [0.2, 0.25) is 0 Å². The second-order valence-electron chi connectivity index (χ2n) is 6.95. The van der Waals surface area contributed by atoms with Gasteiger partial charge in [-0.15, -0.1) is 0 Å². The van der Waals surface area contributed by atoms with Gasteiger partial charge in [0.2, 0.25) is 0 Å². The molecular formula is C24H19N3O5. The first-order valence-electron chi connectivity index (χ1n) is 9.74. The molecule has 32 heavy (non-hydrogen) atoms. The molecule has 0 spiro atoms. The summed E-state index contributed by atoms with van der Waals surface area (Å²) in [5, 5.41) is 12.2. The number of carboxylic acid groups (broad SMARTS) is 1. The van der Waals surface area contributed by atoms with E-state index in [1.807, 2.05) is 0 Å². The molecule has 3 aromatic carbocycles. The third-order valence-corrected chi connectivity index (χ3v) is 4.98. The fraction of sp³-hybridized carbons (Fsp3) is 0.0833. The maximum absolute atomic E-state index is 13.2. The van der Waals surface area contributed by atoms with Gasteiger partial charge in [0.1, 0.15) is 11.6 Å². The summed E-state index contributed by atoms with van der Waals surface area (Å²) in [4.78, 5) is 41.4. The number of rotatable bonds is 6. The van der Waals surface area contributed by atoms with Crippen LogP contribution in [-0.2, 0) is 6.54 Å². The zero-order valence-corrected chi connectivity index (χ0v) is 17.1. The molecule has 0 aliphatic carbocycles. The van der Waals surface area contributed by atoms with Gasteiger partial charge in [0.05, 0.1) is 35.8 Å². The number of carbonyl (C=O) groups is 2. The number of amides is 1. The Balaban J connectivity index is 1.69. The van der Waals surface area contributed by atoms with Gasteiger partial charge in [-0.05, 0) is 60.7 Å². The van der Waals surface area contributed by atoms with E-state index in [0.29, 0.717) is 33.7 Å². The minimum atomic E-state index is -1.07. The summed E-state index contributed by atoms with van der Waals surface area (Å²) in [5.74, 6) is -0.476. The van der Waals surface area contributed by atoms with E-state index in [2.05, 4.69) is 10.3 Å². The third kappa shape index (κ3) is 4.06. The first-order chi connectivity index (χ1) is 15.5. The molecule has 1 amide bonds. The maximum Gasteiger partial charge on any atom is 0.335 e. The number of fused-ring (bicyclic) bond motifs is 1. The Labute approximate surface area is 182 Å². The number of hydrogen-bond acceptors (Lipinski definition) is 5. The van der Waals surface area contributed by atoms with Crippen LogP contribution in [0, 0.1) is 0 Å². The number of carbonyl (C=O) groups excluding carboxylic acids is 1. The SMILES string of the molecule is COc1ccc(-n2c(CNC(=O)c3ccc(C(=O)O)cc3)nc3ccccc3c2=O)cc1. The van der Waals surface area contributed by atoms with Crippen molar-refractivity contribution < 1.29 is 19.4 Å². The fourth-order valence-electron chi connectivity index (χ4n) is 3.32. The zero-order chi connectivity index (χ0) is 22.7. The molecule has 8 heteroatoms. The van der Waals surface area contributed by atoms with Crippen molar-refractivity contribution in [2.24, 2.45) is 0 Å². The van der Waals surface area contributed by atoms with Crippen LogP contribution in [0.3, 0.4) is 0 Å². The molecule has 8 nitrogen and oxygen atoms in total. The predicted molar refractivity (Wildman–Crippen MR) is 118 cm³/mol. The summed E-state index contributed by atoms with van der Waals surface area (Å²) >= 11 is 0. The van der Waals surface area contributed by atoms with Crippen molar-refractivity contribution in [3.63, 3.8) is 0 Å². The van der Waals surface area contributed by atoms with E-state index in [-0.39, 0.29) is 17.7 Å². The number of benzene rings is 3. The molecule has 0 bridgehead atoms. The van der Waals surface area contributed by atoms with Gasteiger partial charge in [-0.1, -0.05) is 12.1 Å². The molecule has 0 aliphatic rings. The molecule has 0 radical (unpaired) electrons. The highest BCUT2D eigenvalue weighted by atomic mass is 16.5.